The van der Waals surface area contributed by atoms with Crippen LogP contribution in [0.2, 0.25) is 10.0 Å². The van der Waals surface area contributed by atoms with Crippen molar-refractivity contribution in [1.82, 2.24) is 14.9 Å². The molecule has 5 atom stereocenters. The van der Waals surface area contributed by atoms with E-state index in [9.17, 15) is 9.59 Å². The van der Waals surface area contributed by atoms with Crippen molar-refractivity contribution in [3.8, 4) is 5.75 Å². The van der Waals surface area contributed by atoms with Gasteiger partial charge in [-0.3, -0.25) is 4.57 Å². The molecule has 2 aliphatic heterocycles. The number of carbonyl (C=O) groups excluding carboxylic acids is 2. The molecule has 2 saturated heterocycles. The Morgan fingerprint density at radius 2 is 1.77 bits per heavy atom. The number of nitrogens with zero attached hydrogens (tertiary/aromatic N) is 2. The summed E-state index contributed by atoms with van der Waals surface area (Å²) in [6, 6.07) is 9.50. The number of alkyl carbamates (subject to hydrolysis) is 1. The first kappa shape index (κ1) is 32.8. The van der Waals surface area contributed by atoms with Gasteiger partial charge in [-0.25, -0.2) is 14.6 Å². The number of imidazole rings is 1. The third-order valence-electron chi connectivity index (χ3n) is 7.03. The van der Waals surface area contributed by atoms with E-state index in [0.29, 0.717) is 31.6 Å². The molecule has 0 aliphatic carbocycles. The smallest absolute Gasteiger partial charge is 0.408 e. The van der Waals surface area contributed by atoms with Gasteiger partial charge in [0.2, 0.25) is 0 Å². The van der Waals surface area contributed by atoms with Gasteiger partial charge in [0, 0.05) is 6.42 Å². The Morgan fingerprint density at radius 1 is 1.11 bits per heavy atom. The third kappa shape index (κ3) is 7.27. The number of ether oxygens (including phenoxy) is 6. The molecule has 0 radical (unpaired) electrons. The number of benzene rings is 2. The summed E-state index contributed by atoms with van der Waals surface area (Å²) in [5.41, 5.74) is 1.30. The topological polar surface area (TPSA) is 119 Å². The summed E-state index contributed by atoms with van der Waals surface area (Å²) >= 11 is 16.1. The number of carbonyl (C=O) groups is 2. The molecule has 0 spiro atoms. The van der Waals surface area contributed by atoms with Gasteiger partial charge in [-0.2, -0.15) is 0 Å². The van der Waals surface area contributed by atoms with E-state index in [4.69, 9.17) is 51.6 Å². The molecule has 44 heavy (non-hydrogen) atoms. The van der Waals surface area contributed by atoms with E-state index < -0.39 is 54.0 Å². The SMILES string of the molecule is COc1ccc(C[C@H](NC(=O)OC(C)(C)C)C(=O)OC[C@H]2O[C@@H](n3c(Br)nc4cc(Cl)c(Cl)cc43)[C@@H]3OC(C)(C)O[C@@H]32)cc1. The van der Waals surface area contributed by atoms with Crippen molar-refractivity contribution in [3.05, 3.63) is 56.7 Å². The van der Waals surface area contributed by atoms with Crippen molar-refractivity contribution in [1.29, 1.82) is 0 Å². The van der Waals surface area contributed by atoms with Crippen molar-refractivity contribution >= 4 is 62.2 Å². The van der Waals surface area contributed by atoms with Crippen LogP contribution in [0.4, 0.5) is 4.79 Å². The summed E-state index contributed by atoms with van der Waals surface area (Å²) in [5.74, 6) is -0.914. The molecule has 2 aliphatic rings. The number of hydrogen-bond donors (Lipinski definition) is 1. The van der Waals surface area contributed by atoms with Gasteiger partial charge in [0.05, 0.1) is 28.2 Å². The van der Waals surface area contributed by atoms with E-state index in [1.54, 1.807) is 70.6 Å². The number of nitrogens with one attached hydrogen (secondary N) is 1. The molecule has 238 valence electrons. The zero-order valence-corrected chi connectivity index (χ0v) is 28.2. The lowest BCUT2D eigenvalue weighted by atomic mass is 10.1. The van der Waals surface area contributed by atoms with E-state index in [0.717, 1.165) is 5.56 Å². The van der Waals surface area contributed by atoms with Crippen LogP contribution in [0.3, 0.4) is 0 Å². The first-order chi connectivity index (χ1) is 20.6. The van der Waals surface area contributed by atoms with Gasteiger partial charge in [-0.05, 0) is 80.4 Å². The predicted molar refractivity (Wildman–Crippen MR) is 166 cm³/mol. The molecule has 14 heteroatoms. The minimum atomic E-state index is -1.04. The van der Waals surface area contributed by atoms with Crippen LogP contribution in [0.25, 0.3) is 11.0 Å². The molecule has 5 rings (SSSR count). The van der Waals surface area contributed by atoms with Crippen LogP contribution in [0.5, 0.6) is 5.75 Å². The molecular formula is C30H34BrCl2N3O8. The quantitative estimate of drug-likeness (QED) is 0.272. The maximum Gasteiger partial charge on any atom is 0.408 e. The summed E-state index contributed by atoms with van der Waals surface area (Å²) in [6.07, 6.45) is -3.12. The predicted octanol–water partition coefficient (Wildman–Crippen LogP) is 6.21. The summed E-state index contributed by atoms with van der Waals surface area (Å²) in [5, 5.41) is 3.38. The summed E-state index contributed by atoms with van der Waals surface area (Å²) < 4.78 is 37.5. The molecule has 0 unspecified atom stereocenters. The Hall–Kier alpha value is -2.61. The summed E-state index contributed by atoms with van der Waals surface area (Å²) in [4.78, 5) is 30.7. The zero-order valence-electron chi connectivity index (χ0n) is 25.1. The Labute approximate surface area is 273 Å². The molecule has 3 aromatic rings. The second-order valence-corrected chi connectivity index (χ2v) is 13.5. The van der Waals surface area contributed by atoms with Crippen LogP contribution in [0, 0.1) is 0 Å². The van der Waals surface area contributed by atoms with Gasteiger partial charge in [0.1, 0.15) is 42.3 Å². The van der Waals surface area contributed by atoms with Gasteiger partial charge >= 0.3 is 12.1 Å². The van der Waals surface area contributed by atoms with Gasteiger partial charge < -0.3 is 33.7 Å². The minimum absolute atomic E-state index is 0.159. The number of rotatable bonds is 8. The molecule has 2 aromatic carbocycles. The molecule has 0 saturated carbocycles. The number of halogens is 3. The van der Waals surface area contributed by atoms with E-state index in [-0.39, 0.29) is 13.0 Å². The van der Waals surface area contributed by atoms with Crippen molar-refractivity contribution < 1.29 is 38.0 Å². The van der Waals surface area contributed by atoms with Crippen LogP contribution < -0.4 is 10.1 Å². The second kappa shape index (κ2) is 12.6. The van der Waals surface area contributed by atoms with E-state index in [2.05, 4.69) is 26.2 Å². The molecule has 11 nitrogen and oxygen atoms in total. The highest BCUT2D eigenvalue weighted by molar-refractivity contribution is 9.10. The first-order valence-corrected chi connectivity index (χ1v) is 15.5. The van der Waals surface area contributed by atoms with Gasteiger partial charge in [0.15, 0.2) is 16.7 Å². The number of amides is 1. The largest absolute Gasteiger partial charge is 0.497 e. The number of esters is 1. The minimum Gasteiger partial charge on any atom is -0.497 e. The van der Waals surface area contributed by atoms with Gasteiger partial charge in [-0.15, -0.1) is 0 Å². The highest BCUT2D eigenvalue weighted by atomic mass is 79.9. The maximum absolute atomic E-state index is 13.5. The van der Waals surface area contributed by atoms with Crippen molar-refractivity contribution in [3.63, 3.8) is 0 Å². The van der Waals surface area contributed by atoms with Gasteiger partial charge in [0.25, 0.3) is 0 Å². The normalized spacial score (nSPS) is 23.3. The highest BCUT2D eigenvalue weighted by Crippen LogP contribution is 2.45. The Kier molecular flexibility index (Phi) is 9.42. The first-order valence-electron chi connectivity index (χ1n) is 14.0. The molecule has 0 bridgehead atoms. The Bertz CT molecular complexity index is 1540. The Morgan fingerprint density at radius 3 is 2.43 bits per heavy atom. The van der Waals surface area contributed by atoms with Crippen molar-refractivity contribution in [2.24, 2.45) is 0 Å². The molecular weight excluding hydrogens is 681 g/mol. The fourth-order valence-electron chi connectivity index (χ4n) is 5.21. The maximum atomic E-state index is 13.5. The van der Waals surface area contributed by atoms with Crippen LogP contribution in [0.1, 0.15) is 46.4 Å². The second-order valence-electron chi connectivity index (χ2n) is 12.0. The lowest BCUT2D eigenvalue weighted by Gasteiger charge is -2.26. The van der Waals surface area contributed by atoms with Crippen LogP contribution in [-0.4, -0.2) is 71.1 Å². The van der Waals surface area contributed by atoms with E-state index >= 15 is 0 Å². The van der Waals surface area contributed by atoms with Crippen LogP contribution in [0.15, 0.2) is 41.1 Å². The molecule has 3 heterocycles. The average molecular weight is 715 g/mol. The average Bonchev–Trinajstić information content (AvgIpc) is 3.53. The number of fused-ring (bicyclic) bond motifs is 2. The standard InChI is InChI=1S/C30H34BrCl2N3O8/c1-29(2,3)44-28(38)35-20(11-15-7-9-16(39-6)10-8-15)26(37)40-14-22-23-24(43-30(4,5)42-23)25(41-22)36-21-13-18(33)17(32)12-19(21)34-27(36)31/h7-10,12-13,20,22-25H,11,14H2,1-6H3,(H,35,38)/t20-,22+,23+,24+,25+/m0/s1. The molecule has 1 aromatic heterocycles. The zero-order chi connectivity index (χ0) is 32.0. The van der Waals surface area contributed by atoms with Crippen molar-refractivity contribution in [2.45, 2.75) is 83.0 Å². The third-order valence-corrected chi connectivity index (χ3v) is 8.31. The lowest BCUT2D eigenvalue weighted by Crippen LogP contribution is -2.46. The monoisotopic (exact) mass is 713 g/mol. The van der Waals surface area contributed by atoms with E-state index in [1.165, 1.54) is 0 Å². The van der Waals surface area contributed by atoms with Crippen molar-refractivity contribution in [2.75, 3.05) is 13.7 Å². The fraction of sp³-hybridized carbons (Fsp3) is 0.500. The van der Waals surface area contributed by atoms with Crippen LogP contribution >= 0.6 is 39.1 Å². The molecule has 1 N–H and O–H groups in total. The summed E-state index contributed by atoms with van der Waals surface area (Å²) in [7, 11) is 1.57. The molecule has 2 fully saturated rings. The summed E-state index contributed by atoms with van der Waals surface area (Å²) in [6.45, 7) is 8.66. The van der Waals surface area contributed by atoms with E-state index in [1.807, 2.05) is 12.1 Å². The highest BCUT2D eigenvalue weighted by Gasteiger charge is 2.56. The number of aromatic nitrogens is 2. The number of methoxy groups -OCH3 is 1. The number of hydrogen-bond acceptors (Lipinski definition) is 9. The Balaban J connectivity index is 1.35. The lowest BCUT2D eigenvalue weighted by molar-refractivity contribution is -0.202. The van der Waals surface area contributed by atoms with Gasteiger partial charge in [-0.1, -0.05) is 35.3 Å². The van der Waals surface area contributed by atoms with Crippen LogP contribution in [-0.2, 0) is 34.9 Å². The molecule has 1 amide bonds. The fourth-order valence-corrected chi connectivity index (χ4v) is 6.11.